The van der Waals surface area contributed by atoms with E-state index in [-0.39, 0.29) is 5.54 Å². The molecule has 0 spiro atoms. The first kappa shape index (κ1) is 10.2. The van der Waals surface area contributed by atoms with Gasteiger partial charge in [-0.15, -0.1) is 0 Å². The topological polar surface area (TPSA) is 26.0 Å². The first-order valence-electron chi connectivity index (χ1n) is 5.18. The van der Waals surface area contributed by atoms with Crippen LogP contribution in [0.3, 0.4) is 0 Å². The first-order valence-corrected chi connectivity index (χ1v) is 5.97. The Balaban J connectivity index is 2.34. The van der Waals surface area contributed by atoms with E-state index in [0.717, 1.165) is 10.9 Å². The molecule has 0 saturated heterocycles. The lowest BCUT2D eigenvalue weighted by Gasteiger charge is -2.29. The minimum atomic E-state index is -0.0826. The van der Waals surface area contributed by atoms with Gasteiger partial charge >= 0.3 is 0 Å². The second-order valence-electron chi connectivity index (χ2n) is 4.34. The van der Waals surface area contributed by atoms with E-state index in [2.05, 4.69) is 47.1 Å². The first-order chi connectivity index (χ1) is 6.63. The molecule has 0 aliphatic heterocycles. The van der Waals surface area contributed by atoms with Gasteiger partial charge in [-0.2, -0.15) is 0 Å². The molecule has 14 heavy (non-hydrogen) atoms. The van der Waals surface area contributed by atoms with E-state index < -0.39 is 0 Å². The monoisotopic (exact) mass is 253 g/mol. The van der Waals surface area contributed by atoms with Crippen LogP contribution in [0.5, 0.6) is 0 Å². The number of hydrogen-bond donors (Lipinski definition) is 1. The number of halogens is 1. The number of benzene rings is 1. The van der Waals surface area contributed by atoms with Crippen molar-refractivity contribution in [3.8, 4) is 0 Å². The fourth-order valence-electron chi connectivity index (χ4n) is 2.39. The zero-order chi connectivity index (χ0) is 10.2. The Morgan fingerprint density at radius 3 is 2.50 bits per heavy atom. The van der Waals surface area contributed by atoms with E-state index in [0.29, 0.717) is 5.92 Å². The summed E-state index contributed by atoms with van der Waals surface area (Å²) in [7, 11) is 0. The summed E-state index contributed by atoms with van der Waals surface area (Å²) in [6, 6.07) is 8.45. The summed E-state index contributed by atoms with van der Waals surface area (Å²) in [5.41, 5.74) is 7.66. The predicted octanol–water partition coefficient (Wildman–Crippen LogP) is 3.42. The van der Waals surface area contributed by atoms with Gasteiger partial charge in [-0.3, -0.25) is 0 Å². The molecule has 0 aromatic heterocycles. The van der Waals surface area contributed by atoms with Crippen LogP contribution in [0, 0.1) is 5.92 Å². The molecule has 76 valence electrons. The SMILES string of the molecule is CC1CCCC1(N)c1ccc(Br)cc1. The number of nitrogens with two attached hydrogens (primary N) is 1. The van der Waals surface area contributed by atoms with Crippen LogP contribution >= 0.6 is 15.9 Å². The van der Waals surface area contributed by atoms with Crippen molar-refractivity contribution in [1.29, 1.82) is 0 Å². The Labute approximate surface area is 93.8 Å². The molecule has 1 saturated carbocycles. The van der Waals surface area contributed by atoms with Gasteiger partial charge in [-0.25, -0.2) is 0 Å². The van der Waals surface area contributed by atoms with E-state index in [1.165, 1.54) is 18.4 Å². The zero-order valence-corrected chi connectivity index (χ0v) is 10.0. The van der Waals surface area contributed by atoms with E-state index in [4.69, 9.17) is 5.73 Å². The molecule has 0 heterocycles. The molecule has 1 aromatic rings. The fraction of sp³-hybridized carbons (Fsp3) is 0.500. The highest BCUT2D eigenvalue weighted by Crippen LogP contribution is 2.41. The van der Waals surface area contributed by atoms with Crippen molar-refractivity contribution in [1.82, 2.24) is 0 Å². The summed E-state index contributed by atoms with van der Waals surface area (Å²) >= 11 is 3.45. The minimum absolute atomic E-state index is 0.0826. The Bertz CT molecular complexity index is 320. The van der Waals surface area contributed by atoms with Crippen LogP contribution in [0.25, 0.3) is 0 Å². The summed E-state index contributed by atoms with van der Waals surface area (Å²) in [6.07, 6.45) is 3.64. The molecule has 1 nitrogen and oxygen atoms in total. The number of rotatable bonds is 1. The molecular formula is C12H16BrN. The van der Waals surface area contributed by atoms with Gasteiger partial charge in [0, 0.05) is 10.0 Å². The van der Waals surface area contributed by atoms with E-state index in [1.54, 1.807) is 0 Å². The Morgan fingerprint density at radius 2 is 2.00 bits per heavy atom. The van der Waals surface area contributed by atoms with Gasteiger partial charge in [0.1, 0.15) is 0 Å². The van der Waals surface area contributed by atoms with Crippen LogP contribution in [0.1, 0.15) is 31.7 Å². The van der Waals surface area contributed by atoms with Crippen LogP contribution in [0.2, 0.25) is 0 Å². The summed E-state index contributed by atoms with van der Waals surface area (Å²) in [6.45, 7) is 2.26. The highest BCUT2D eigenvalue weighted by atomic mass is 79.9. The van der Waals surface area contributed by atoms with Gasteiger partial charge in [0.15, 0.2) is 0 Å². The minimum Gasteiger partial charge on any atom is -0.321 e. The van der Waals surface area contributed by atoms with Gasteiger partial charge in [-0.1, -0.05) is 41.4 Å². The molecule has 2 atom stereocenters. The van der Waals surface area contributed by atoms with Crippen molar-refractivity contribution in [2.45, 2.75) is 31.7 Å². The second kappa shape index (κ2) is 3.67. The molecular weight excluding hydrogens is 238 g/mol. The summed E-state index contributed by atoms with van der Waals surface area (Å²) in [5.74, 6) is 0.601. The molecule has 2 rings (SSSR count). The van der Waals surface area contributed by atoms with Crippen LogP contribution in [-0.4, -0.2) is 0 Å². The summed E-state index contributed by atoms with van der Waals surface area (Å²) < 4.78 is 1.12. The van der Waals surface area contributed by atoms with Crippen LogP contribution in [0.15, 0.2) is 28.7 Å². The Hall–Kier alpha value is -0.340. The van der Waals surface area contributed by atoms with E-state index >= 15 is 0 Å². The van der Waals surface area contributed by atoms with Gasteiger partial charge in [0.05, 0.1) is 0 Å². The molecule has 1 aromatic carbocycles. The maximum absolute atomic E-state index is 6.46. The lowest BCUT2D eigenvalue weighted by molar-refractivity contribution is 0.349. The molecule has 1 aliphatic rings. The van der Waals surface area contributed by atoms with E-state index in [1.807, 2.05) is 0 Å². The lowest BCUT2D eigenvalue weighted by atomic mass is 9.82. The third-order valence-corrected chi connectivity index (χ3v) is 4.02. The van der Waals surface area contributed by atoms with E-state index in [9.17, 15) is 0 Å². The van der Waals surface area contributed by atoms with Crippen molar-refractivity contribution in [2.24, 2.45) is 11.7 Å². The second-order valence-corrected chi connectivity index (χ2v) is 5.26. The molecule has 0 amide bonds. The molecule has 0 radical (unpaired) electrons. The number of hydrogen-bond acceptors (Lipinski definition) is 1. The summed E-state index contributed by atoms with van der Waals surface area (Å²) in [4.78, 5) is 0. The van der Waals surface area contributed by atoms with Crippen LogP contribution in [0.4, 0.5) is 0 Å². The van der Waals surface area contributed by atoms with Crippen molar-refractivity contribution >= 4 is 15.9 Å². The summed E-state index contributed by atoms with van der Waals surface area (Å²) in [5, 5.41) is 0. The third-order valence-electron chi connectivity index (χ3n) is 3.49. The predicted molar refractivity (Wildman–Crippen MR) is 63.0 cm³/mol. The average Bonchev–Trinajstić information content (AvgIpc) is 2.49. The Morgan fingerprint density at radius 1 is 1.36 bits per heavy atom. The molecule has 1 fully saturated rings. The maximum Gasteiger partial charge on any atom is 0.0435 e. The fourth-order valence-corrected chi connectivity index (χ4v) is 2.66. The normalized spacial score (nSPS) is 32.1. The third kappa shape index (κ3) is 1.61. The van der Waals surface area contributed by atoms with Crippen molar-refractivity contribution in [3.63, 3.8) is 0 Å². The van der Waals surface area contributed by atoms with Crippen molar-refractivity contribution in [3.05, 3.63) is 34.3 Å². The molecule has 2 unspecified atom stereocenters. The highest BCUT2D eigenvalue weighted by molar-refractivity contribution is 9.10. The standard InChI is InChI=1S/C12H16BrN/c1-9-3-2-8-12(9,14)10-4-6-11(13)7-5-10/h4-7,9H,2-3,8,14H2,1H3. The van der Waals surface area contributed by atoms with Gasteiger partial charge < -0.3 is 5.73 Å². The maximum atomic E-state index is 6.46. The Kier molecular flexibility index (Phi) is 2.67. The molecule has 1 aliphatic carbocycles. The van der Waals surface area contributed by atoms with Gasteiger partial charge in [-0.05, 0) is 36.5 Å². The lowest BCUT2D eigenvalue weighted by Crippen LogP contribution is -2.38. The quantitative estimate of drug-likeness (QED) is 0.816. The largest absolute Gasteiger partial charge is 0.321 e. The van der Waals surface area contributed by atoms with Gasteiger partial charge in [0.25, 0.3) is 0 Å². The van der Waals surface area contributed by atoms with Gasteiger partial charge in [0.2, 0.25) is 0 Å². The zero-order valence-electron chi connectivity index (χ0n) is 8.46. The highest BCUT2D eigenvalue weighted by Gasteiger charge is 2.37. The average molecular weight is 254 g/mol. The van der Waals surface area contributed by atoms with Crippen molar-refractivity contribution in [2.75, 3.05) is 0 Å². The molecule has 0 bridgehead atoms. The van der Waals surface area contributed by atoms with Crippen molar-refractivity contribution < 1.29 is 0 Å². The van der Waals surface area contributed by atoms with Crippen LogP contribution < -0.4 is 5.73 Å². The smallest absolute Gasteiger partial charge is 0.0435 e. The molecule has 2 N–H and O–H groups in total. The molecule has 2 heteroatoms. The van der Waals surface area contributed by atoms with Crippen LogP contribution in [-0.2, 0) is 5.54 Å².